The Hall–Kier alpha value is -5.96. The van der Waals surface area contributed by atoms with Gasteiger partial charge < -0.3 is 25.6 Å². The molecule has 46 heavy (non-hydrogen) atoms. The van der Waals surface area contributed by atoms with E-state index in [0.717, 1.165) is 17.3 Å². The van der Waals surface area contributed by atoms with E-state index in [9.17, 15) is 24.3 Å². The van der Waals surface area contributed by atoms with E-state index >= 15 is 0 Å². The summed E-state index contributed by atoms with van der Waals surface area (Å²) in [7, 11) is 0. The van der Waals surface area contributed by atoms with Gasteiger partial charge in [-0.05, 0) is 77.1 Å². The summed E-state index contributed by atoms with van der Waals surface area (Å²) in [5.74, 6) is -2.11. The molecule has 0 aliphatic rings. The molecule has 0 radical (unpaired) electrons. The van der Waals surface area contributed by atoms with Gasteiger partial charge in [-0.1, -0.05) is 30.3 Å². The highest BCUT2D eigenvalue weighted by Crippen LogP contribution is 2.42. The van der Waals surface area contributed by atoms with Gasteiger partial charge >= 0.3 is 12.1 Å². The highest BCUT2D eigenvalue weighted by Gasteiger charge is 2.23. The quantitative estimate of drug-likeness (QED) is 0.141. The number of nitrogens with zero attached hydrogens (tertiary/aromatic N) is 4. The SMILES string of the molecule is CC(=O)Nc1cccc(-n2nnnc2Sc2cc(C(=O)NCCC(=O)O)c(O)c3cccc(NC(=O)Oc4cccc(C)c4)c23)c1. The number of carbonyl (C=O) groups is 4. The molecule has 0 bridgehead atoms. The predicted octanol–water partition coefficient (Wildman–Crippen LogP) is 4.75. The van der Waals surface area contributed by atoms with Crippen LogP contribution in [0, 0.1) is 6.92 Å². The Bertz CT molecular complexity index is 1980. The second-order valence-corrected chi connectivity index (χ2v) is 10.9. The molecule has 5 rings (SSSR count). The fraction of sp³-hybridized carbons (Fsp3) is 0.129. The first-order valence-corrected chi connectivity index (χ1v) is 14.6. The van der Waals surface area contributed by atoms with Gasteiger partial charge in [0.15, 0.2) is 0 Å². The standard InChI is InChI=1S/C31H27N7O7S/c1-17-6-3-9-21(14-17)45-31(44)34-24-11-5-10-22-27(24)25(16-23(28(22)42)29(43)32-13-12-26(40)41)46-30-35-36-37-38(30)20-8-4-7-19(15-20)33-18(2)39/h3-11,14-16,42H,12-13H2,1-2H3,(H,32,43)(H,33,39)(H,34,44)(H,40,41). The molecule has 0 saturated heterocycles. The van der Waals surface area contributed by atoms with Crippen LogP contribution in [0.5, 0.6) is 11.5 Å². The Morgan fingerprint density at radius 1 is 0.978 bits per heavy atom. The molecule has 0 unspecified atom stereocenters. The van der Waals surface area contributed by atoms with Gasteiger partial charge in [-0.3, -0.25) is 19.7 Å². The molecule has 0 saturated carbocycles. The average Bonchev–Trinajstić information content (AvgIpc) is 3.46. The number of aryl methyl sites for hydroxylation is 1. The number of aromatic nitrogens is 4. The number of aliphatic carboxylic acids is 1. The van der Waals surface area contributed by atoms with E-state index in [4.69, 9.17) is 9.84 Å². The zero-order valence-electron chi connectivity index (χ0n) is 24.5. The fourth-order valence-corrected chi connectivity index (χ4v) is 5.51. The van der Waals surface area contributed by atoms with Crippen LogP contribution in [-0.4, -0.2) is 60.8 Å². The first kappa shape index (κ1) is 31.5. The lowest BCUT2D eigenvalue weighted by Gasteiger charge is -2.16. The number of aromatic hydroxyl groups is 1. The second kappa shape index (κ2) is 13.8. The first-order valence-electron chi connectivity index (χ1n) is 13.8. The molecular formula is C31H27N7O7S. The van der Waals surface area contributed by atoms with Crippen molar-refractivity contribution >= 4 is 57.8 Å². The molecule has 1 heterocycles. The number of phenolic OH excluding ortho intramolecular Hbond substituents is 1. The van der Waals surface area contributed by atoms with Gasteiger partial charge in [0.25, 0.3) is 5.91 Å². The van der Waals surface area contributed by atoms with E-state index in [1.165, 1.54) is 17.7 Å². The molecule has 5 N–H and O–H groups in total. The number of nitrogens with one attached hydrogen (secondary N) is 3. The minimum absolute atomic E-state index is 0.133. The minimum Gasteiger partial charge on any atom is -0.506 e. The van der Waals surface area contributed by atoms with Crippen LogP contribution >= 0.6 is 11.8 Å². The van der Waals surface area contributed by atoms with Crippen molar-refractivity contribution in [2.24, 2.45) is 0 Å². The summed E-state index contributed by atoms with van der Waals surface area (Å²) in [5, 5.41) is 41.0. The molecule has 4 aromatic carbocycles. The van der Waals surface area contributed by atoms with Crippen LogP contribution in [0.15, 0.2) is 82.8 Å². The second-order valence-electron chi connectivity index (χ2n) is 9.94. The highest BCUT2D eigenvalue weighted by atomic mass is 32.2. The number of hydrogen-bond donors (Lipinski definition) is 5. The lowest BCUT2D eigenvalue weighted by Crippen LogP contribution is -2.26. The van der Waals surface area contributed by atoms with Crippen LogP contribution in [0.2, 0.25) is 0 Å². The predicted molar refractivity (Wildman–Crippen MR) is 169 cm³/mol. The van der Waals surface area contributed by atoms with Crippen LogP contribution in [0.4, 0.5) is 16.2 Å². The van der Waals surface area contributed by atoms with Gasteiger partial charge in [0.05, 0.1) is 23.4 Å². The van der Waals surface area contributed by atoms with E-state index in [1.54, 1.807) is 60.7 Å². The number of ether oxygens (including phenoxy) is 1. The molecule has 0 spiro atoms. The summed E-state index contributed by atoms with van der Waals surface area (Å²) in [4.78, 5) is 49.0. The number of phenols is 1. The van der Waals surface area contributed by atoms with Crippen LogP contribution in [0.25, 0.3) is 16.5 Å². The lowest BCUT2D eigenvalue weighted by molar-refractivity contribution is -0.136. The van der Waals surface area contributed by atoms with Crippen molar-refractivity contribution in [1.29, 1.82) is 0 Å². The largest absolute Gasteiger partial charge is 0.506 e. The van der Waals surface area contributed by atoms with Gasteiger partial charge in [0, 0.05) is 34.8 Å². The fourth-order valence-electron chi connectivity index (χ4n) is 4.51. The molecule has 5 aromatic rings. The van der Waals surface area contributed by atoms with Crippen LogP contribution < -0.4 is 20.7 Å². The van der Waals surface area contributed by atoms with E-state index in [1.807, 2.05) is 13.0 Å². The van der Waals surface area contributed by atoms with E-state index < -0.39 is 18.0 Å². The van der Waals surface area contributed by atoms with Crippen molar-refractivity contribution in [3.63, 3.8) is 0 Å². The molecule has 15 heteroatoms. The highest BCUT2D eigenvalue weighted by molar-refractivity contribution is 7.99. The summed E-state index contributed by atoms with van der Waals surface area (Å²) < 4.78 is 6.89. The Morgan fingerprint density at radius 2 is 1.76 bits per heavy atom. The Balaban J connectivity index is 1.57. The number of carbonyl (C=O) groups excluding carboxylic acids is 3. The molecule has 0 fully saturated rings. The van der Waals surface area contributed by atoms with Crippen molar-refractivity contribution in [1.82, 2.24) is 25.5 Å². The van der Waals surface area contributed by atoms with Crippen LogP contribution in [0.3, 0.4) is 0 Å². The van der Waals surface area contributed by atoms with E-state index in [2.05, 4.69) is 31.5 Å². The molecule has 3 amide bonds. The van der Waals surface area contributed by atoms with Gasteiger partial charge in [0.1, 0.15) is 11.5 Å². The zero-order chi connectivity index (χ0) is 32.8. The van der Waals surface area contributed by atoms with Gasteiger partial charge in [-0.25, -0.2) is 4.79 Å². The van der Waals surface area contributed by atoms with Crippen molar-refractivity contribution in [2.45, 2.75) is 30.3 Å². The number of rotatable bonds is 10. The number of anilines is 2. The summed E-state index contributed by atoms with van der Waals surface area (Å²) in [6.07, 6.45) is -1.10. The van der Waals surface area contributed by atoms with E-state index in [0.29, 0.717) is 27.4 Å². The molecule has 0 aliphatic carbocycles. The molecule has 0 aliphatic heterocycles. The van der Waals surface area contributed by atoms with Gasteiger partial charge in [-0.15, -0.1) is 5.10 Å². The number of benzene rings is 4. The number of amides is 3. The summed E-state index contributed by atoms with van der Waals surface area (Å²) >= 11 is 1.04. The number of fused-ring (bicyclic) bond motifs is 1. The lowest BCUT2D eigenvalue weighted by atomic mass is 10.0. The summed E-state index contributed by atoms with van der Waals surface area (Å²) in [6.45, 7) is 3.09. The third-order valence-electron chi connectivity index (χ3n) is 6.46. The average molecular weight is 642 g/mol. The van der Waals surface area contributed by atoms with Crippen molar-refractivity contribution in [3.8, 4) is 17.2 Å². The molecule has 14 nitrogen and oxygen atoms in total. The van der Waals surface area contributed by atoms with Crippen molar-refractivity contribution in [2.75, 3.05) is 17.2 Å². The van der Waals surface area contributed by atoms with Crippen molar-refractivity contribution < 1.29 is 34.1 Å². The van der Waals surface area contributed by atoms with Crippen LogP contribution in [-0.2, 0) is 9.59 Å². The molecule has 0 atom stereocenters. The topological polar surface area (TPSA) is 198 Å². The smallest absolute Gasteiger partial charge is 0.417 e. The molecule has 1 aromatic heterocycles. The summed E-state index contributed by atoms with van der Waals surface area (Å²) in [6, 6.07) is 19.9. The number of carboxylic acid groups (broad SMARTS) is 1. The minimum atomic E-state index is -1.10. The van der Waals surface area contributed by atoms with E-state index in [-0.39, 0.29) is 46.4 Å². The first-order chi connectivity index (χ1) is 22.1. The zero-order valence-corrected chi connectivity index (χ0v) is 25.3. The Labute approximate surface area is 265 Å². The Kier molecular flexibility index (Phi) is 9.42. The normalized spacial score (nSPS) is 10.7. The number of tetrazole rings is 1. The van der Waals surface area contributed by atoms with Gasteiger partial charge in [-0.2, -0.15) is 4.68 Å². The maximum Gasteiger partial charge on any atom is 0.417 e. The van der Waals surface area contributed by atoms with Crippen LogP contribution in [0.1, 0.15) is 29.3 Å². The number of hydrogen-bond acceptors (Lipinski definition) is 10. The number of carboxylic acids is 1. The molecule has 234 valence electrons. The summed E-state index contributed by atoms with van der Waals surface area (Å²) in [5.41, 5.74) is 2.07. The maximum absolute atomic E-state index is 13.1. The monoisotopic (exact) mass is 641 g/mol. The van der Waals surface area contributed by atoms with Crippen molar-refractivity contribution in [3.05, 3.63) is 83.9 Å². The van der Waals surface area contributed by atoms with Gasteiger partial charge in [0.2, 0.25) is 11.1 Å². The Morgan fingerprint density at radius 3 is 2.52 bits per heavy atom. The molecular weight excluding hydrogens is 614 g/mol. The maximum atomic E-state index is 13.1. The third kappa shape index (κ3) is 7.39. The third-order valence-corrected chi connectivity index (χ3v) is 7.43.